The Balaban J connectivity index is 1.78. The molecule has 0 heterocycles. The van der Waals surface area contributed by atoms with E-state index in [0.717, 1.165) is 25.3 Å². The lowest BCUT2D eigenvalue weighted by Crippen LogP contribution is -2.65. The van der Waals surface area contributed by atoms with Crippen LogP contribution >= 0.6 is 0 Å². The van der Waals surface area contributed by atoms with Crippen molar-refractivity contribution in [3.8, 4) is 0 Å². The van der Waals surface area contributed by atoms with Gasteiger partial charge < -0.3 is 24.4 Å². The second-order valence-electron chi connectivity index (χ2n) is 15.8. The molecule has 0 amide bonds. The zero-order chi connectivity index (χ0) is 33.7. The van der Waals surface area contributed by atoms with Gasteiger partial charge in [0, 0.05) is 12.5 Å². The van der Waals surface area contributed by atoms with Crippen molar-refractivity contribution in [1.29, 1.82) is 0 Å². The fourth-order valence-corrected chi connectivity index (χ4v) is 10.0. The molecule has 4 fully saturated rings. The zero-order valence-electron chi connectivity index (χ0n) is 28.1. The number of carbonyl (C=O) groups excluding carboxylic acids is 3. The van der Waals surface area contributed by atoms with Crippen LogP contribution < -0.4 is 0 Å². The number of hydrogen-bond donors (Lipinski definition) is 2. The Morgan fingerprint density at radius 3 is 2.27 bits per heavy atom. The first kappa shape index (κ1) is 35.5. The number of carbonyl (C=O) groups is 3. The van der Waals surface area contributed by atoms with Crippen LogP contribution in [-0.4, -0.2) is 53.2 Å². The summed E-state index contributed by atoms with van der Waals surface area (Å²) in [6, 6.07) is 0. The lowest BCUT2D eigenvalue weighted by Gasteiger charge is -2.69. The standard InChI is InChI=1S/C35H52F2O8/c1-19-22-12-15-34(7)29(33(22,6)14-13-24(19)39)25(40)16-23-28(26(45-20(2)38)17-35(23,34)8)21(10-9-11-27(36)37)30(41)43-18-44-31(42)32(3,4)5/h11,19,22-26,29,39-40H,9-10,12-18H2,1-8H3/b28-21-/t19-,22-,23-,24+,25+,26-,29-,33-,34-,35-/m0/s1. The normalized spacial score (nSPS) is 40.3. The third-order valence-electron chi connectivity index (χ3n) is 12.3. The molecule has 10 heteroatoms. The van der Waals surface area contributed by atoms with E-state index in [9.17, 15) is 33.4 Å². The number of halogens is 2. The van der Waals surface area contributed by atoms with Crippen LogP contribution in [0.5, 0.6) is 0 Å². The molecule has 0 saturated heterocycles. The molecule has 10 atom stereocenters. The Hall–Kier alpha value is -2.33. The maximum Gasteiger partial charge on any atom is 0.336 e. The molecule has 0 aromatic carbocycles. The van der Waals surface area contributed by atoms with E-state index in [1.807, 2.05) is 0 Å². The average Bonchev–Trinajstić information content (AvgIpc) is 3.19. The van der Waals surface area contributed by atoms with Gasteiger partial charge in [0.15, 0.2) is 0 Å². The van der Waals surface area contributed by atoms with Crippen molar-refractivity contribution in [2.24, 2.45) is 45.3 Å². The van der Waals surface area contributed by atoms with Crippen LogP contribution in [0.1, 0.15) is 107 Å². The first-order valence-corrected chi connectivity index (χ1v) is 16.4. The third-order valence-corrected chi connectivity index (χ3v) is 12.3. The Bertz CT molecular complexity index is 1230. The van der Waals surface area contributed by atoms with Crippen LogP contribution in [0.25, 0.3) is 0 Å². The van der Waals surface area contributed by atoms with Crippen LogP contribution in [0.2, 0.25) is 0 Å². The highest BCUT2D eigenvalue weighted by Crippen LogP contribution is 2.74. The van der Waals surface area contributed by atoms with Gasteiger partial charge in [0.2, 0.25) is 6.79 Å². The van der Waals surface area contributed by atoms with E-state index in [1.54, 1.807) is 20.8 Å². The van der Waals surface area contributed by atoms with Crippen LogP contribution in [0.15, 0.2) is 23.3 Å². The van der Waals surface area contributed by atoms with Crippen molar-refractivity contribution < 1.29 is 47.6 Å². The lowest BCUT2D eigenvalue weighted by atomic mass is 9.36. The van der Waals surface area contributed by atoms with Gasteiger partial charge in [0.1, 0.15) is 6.10 Å². The van der Waals surface area contributed by atoms with Crippen molar-refractivity contribution in [3.05, 3.63) is 23.3 Å². The lowest BCUT2D eigenvalue weighted by molar-refractivity contribution is -0.234. The molecule has 4 aliphatic rings. The van der Waals surface area contributed by atoms with Gasteiger partial charge in [-0.15, -0.1) is 0 Å². The maximum absolute atomic E-state index is 13.7. The smallest absolute Gasteiger partial charge is 0.336 e. The van der Waals surface area contributed by atoms with Gasteiger partial charge in [0.25, 0.3) is 6.08 Å². The minimum Gasteiger partial charge on any atom is -0.458 e. The molecule has 0 unspecified atom stereocenters. The van der Waals surface area contributed by atoms with Gasteiger partial charge in [-0.1, -0.05) is 27.7 Å². The first-order chi connectivity index (χ1) is 20.8. The molecular weight excluding hydrogens is 586 g/mol. The Labute approximate surface area is 265 Å². The molecule has 0 aliphatic heterocycles. The molecule has 8 nitrogen and oxygen atoms in total. The number of aliphatic hydroxyl groups excluding tert-OH is 2. The number of fused-ring (bicyclic) bond motifs is 5. The van der Waals surface area contributed by atoms with Crippen LogP contribution in [-0.2, 0) is 28.6 Å². The highest BCUT2D eigenvalue weighted by molar-refractivity contribution is 5.90. The van der Waals surface area contributed by atoms with Gasteiger partial charge in [-0.25, -0.2) is 4.79 Å². The van der Waals surface area contributed by atoms with Crippen molar-refractivity contribution in [2.45, 2.75) is 125 Å². The summed E-state index contributed by atoms with van der Waals surface area (Å²) < 4.78 is 42.7. The van der Waals surface area contributed by atoms with Crippen LogP contribution in [0.4, 0.5) is 8.78 Å². The zero-order valence-corrected chi connectivity index (χ0v) is 28.1. The predicted molar refractivity (Wildman–Crippen MR) is 162 cm³/mol. The van der Waals surface area contributed by atoms with Crippen molar-refractivity contribution in [2.75, 3.05) is 6.79 Å². The second-order valence-corrected chi connectivity index (χ2v) is 15.8. The molecule has 0 aromatic heterocycles. The minimum atomic E-state index is -1.88. The minimum absolute atomic E-state index is 0.0898. The second kappa shape index (κ2) is 12.7. The van der Waals surface area contributed by atoms with Gasteiger partial charge >= 0.3 is 17.9 Å². The summed E-state index contributed by atoms with van der Waals surface area (Å²) in [5, 5.41) is 22.8. The molecular formula is C35H52F2O8. The molecule has 0 radical (unpaired) electrons. The van der Waals surface area contributed by atoms with Crippen LogP contribution in [0, 0.1) is 45.3 Å². The van der Waals surface area contributed by atoms with Crippen molar-refractivity contribution in [1.82, 2.24) is 0 Å². The summed E-state index contributed by atoms with van der Waals surface area (Å²) in [4.78, 5) is 38.4. The topological polar surface area (TPSA) is 119 Å². The van der Waals surface area contributed by atoms with E-state index in [1.165, 1.54) is 6.92 Å². The Morgan fingerprint density at radius 1 is 1.00 bits per heavy atom. The number of rotatable bonds is 7. The molecule has 254 valence electrons. The molecule has 4 saturated carbocycles. The van der Waals surface area contributed by atoms with Gasteiger partial charge in [-0.05, 0) is 124 Å². The van der Waals surface area contributed by atoms with E-state index in [-0.39, 0.29) is 53.6 Å². The quantitative estimate of drug-likeness (QED) is 0.185. The van der Waals surface area contributed by atoms with Crippen molar-refractivity contribution >= 4 is 17.9 Å². The average molecular weight is 639 g/mol. The largest absolute Gasteiger partial charge is 0.458 e. The molecule has 0 aromatic rings. The van der Waals surface area contributed by atoms with Crippen molar-refractivity contribution in [3.63, 3.8) is 0 Å². The van der Waals surface area contributed by atoms with E-state index >= 15 is 0 Å². The Kier molecular flexibility index (Phi) is 10.0. The van der Waals surface area contributed by atoms with Crippen LogP contribution in [0.3, 0.4) is 0 Å². The van der Waals surface area contributed by atoms with E-state index < -0.39 is 59.2 Å². The number of hydrogen-bond acceptors (Lipinski definition) is 8. The fourth-order valence-electron chi connectivity index (χ4n) is 10.0. The molecule has 0 spiro atoms. The molecule has 2 N–H and O–H groups in total. The summed E-state index contributed by atoms with van der Waals surface area (Å²) in [7, 11) is 0. The fraction of sp³-hybridized carbons (Fsp3) is 0.800. The molecule has 45 heavy (non-hydrogen) atoms. The highest BCUT2D eigenvalue weighted by atomic mass is 19.3. The molecule has 4 rings (SSSR count). The van der Waals surface area contributed by atoms with Gasteiger partial charge in [0.05, 0.1) is 17.6 Å². The number of aliphatic hydroxyl groups is 2. The summed E-state index contributed by atoms with van der Waals surface area (Å²) >= 11 is 0. The van der Waals surface area contributed by atoms with Gasteiger partial charge in [-0.2, -0.15) is 8.78 Å². The predicted octanol–water partition coefficient (Wildman–Crippen LogP) is 6.49. The number of allylic oxidation sites excluding steroid dienone is 1. The number of ether oxygens (including phenoxy) is 3. The SMILES string of the molecule is CC(=O)O[C@H]1C[C@@]2(C)[C@@H](C[C@@H](O)[C@H]3[C@@]4(C)CC[C@@H](O)[C@@H](C)[C@@H]4CC[C@@]32C)/C1=C(\CCC=C(F)F)C(=O)OCOC(=O)C(C)(C)C. The molecule has 0 bridgehead atoms. The summed E-state index contributed by atoms with van der Waals surface area (Å²) in [5.41, 5.74) is -1.34. The monoisotopic (exact) mass is 638 g/mol. The van der Waals surface area contributed by atoms with E-state index in [4.69, 9.17) is 14.2 Å². The highest BCUT2D eigenvalue weighted by Gasteiger charge is 2.70. The summed E-state index contributed by atoms with van der Waals surface area (Å²) in [5.74, 6) is -2.05. The third kappa shape index (κ3) is 6.34. The maximum atomic E-state index is 13.7. The van der Waals surface area contributed by atoms with Gasteiger partial charge in [-0.3, -0.25) is 9.59 Å². The first-order valence-electron chi connectivity index (χ1n) is 16.4. The Morgan fingerprint density at radius 2 is 1.67 bits per heavy atom. The summed E-state index contributed by atoms with van der Waals surface area (Å²) in [6.45, 7) is 14.4. The summed E-state index contributed by atoms with van der Waals surface area (Å²) in [6.07, 6.45) is 0.541. The molecule has 4 aliphatic carbocycles. The number of esters is 3. The van der Waals surface area contributed by atoms with E-state index in [0.29, 0.717) is 24.8 Å². The van der Waals surface area contributed by atoms with E-state index in [2.05, 4.69) is 27.7 Å².